The van der Waals surface area contributed by atoms with Crippen LogP contribution in [0.15, 0.2) is 59.1 Å². The smallest absolute Gasteiger partial charge is 0.237 e. The lowest BCUT2D eigenvalue weighted by Gasteiger charge is -2.34. The van der Waals surface area contributed by atoms with Crippen LogP contribution in [0.5, 0.6) is 5.75 Å². The molecule has 1 aliphatic rings. The Morgan fingerprint density at radius 1 is 0.960 bits per heavy atom. The Kier molecular flexibility index (Phi) is 4.24. The molecule has 1 saturated heterocycles. The molecule has 0 N–H and O–H groups in total. The number of benzene rings is 2. The van der Waals surface area contributed by atoms with Gasteiger partial charge in [-0.05, 0) is 42.7 Å². The first-order chi connectivity index (χ1) is 12.3. The van der Waals surface area contributed by atoms with Crippen molar-refractivity contribution >= 4 is 0 Å². The fourth-order valence-corrected chi connectivity index (χ4v) is 3.38. The van der Waals surface area contributed by atoms with E-state index < -0.39 is 0 Å². The van der Waals surface area contributed by atoms with Crippen LogP contribution >= 0.6 is 0 Å². The molecule has 0 saturated carbocycles. The Labute approximate surface area is 146 Å². The zero-order valence-electron chi connectivity index (χ0n) is 14.1. The highest BCUT2D eigenvalue weighted by atomic mass is 16.5. The largest absolute Gasteiger partial charge is 0.497 e. The summed E-state index contributed by atoms with van der Waals surface area (Å²) in [6.07, 6.45) is 1.67. The minimum Gasteiger partial charge on any atom is -0.497 e. The van der Waals surface area contributed by atoms with Crippen LogP contribution in [0.3, 0.4) is 0 Å². The van der Waals surface area contributed by atoms with E-state index in [0.717, 1.165) is 24.2 Å². The van der Waals surface area contributed by atoms with E-state index in [4.69, 9.17) is 19.0 Å². The second-order valence-corrected chi connectivity index (χ2v) is 6.21. The highest BCUT2D eigenvalue weighted by Crippen LogP contribution is 2.40. The average Bonchev–Trinajstić information content (AvgIpc) is 3.20. The van der Waals surface area contributed by atoms with Crippen LogP contribution in [0.1, 0.15) is 24.3 Å². The minimum absolute atomic E-state index is 0.281. The number of nitrogens with zero attached hydrogens (tertiary/aromatic N) is 2. The normalized spacial score (nSPS) is 16.5. The molecular formula is C20H20N2O3. The minimum atomic E-state index is -0.281. The highest BCUT2D eigenvalue weighted by Gasteiger charge is 2.41. The van der Waals surface area contributed by atoms with Gasteiger partial charge in [-0.2, -0.15) is 4.98 Å². The zero-order chi connectivity index (χ0) is 17.1. The molecule has 1 aliphatic heterocycles. The van der Waals surface area contributed by atoms with Crippen LogP contribution < -0.4 is 4.74 Å². The molecule has 0 spiro atoms. The summed E-state index contributed by atoms with van der Waals surface area (Å²) in [5, 5.41) is 4.22. The summed E-state index contributed by atoms with van der Waals surface area (Å²) in [4.78, 5) is 4.73. The maximum atomic E-state index is 5.72. The van der Waals surface area contributed by atoms with Gasteiger partial charge in [0.05, 0.1) is 12.5 Å². The summed E-state index contributed by atoms with van der Waals surface area (Å²) in [7, 11) is 1.65. The van der Waals surface area contributed by atoms with Gasteiger partial charge >= 0.3 is 0 Å². The van der Waals surface area contributed by atoms with Crippen molar-refractivity contribution in [1.29, 1.82) is 0 Å². The molecule has 4 rings (SSSR count). The molecule has 5 heteroatoms. The molecule has 5 nitrogen and oxygen atoms in total. The predicted octanol–water partition coefficient (Wildman–Crippen LogP) is 3.84. The molecule has 25 heavy (non-hydrogen) atoms. The molecule has 0 unspecified atom stereocenters. The van der Waals surface area contributed by atoms with Crippen molar-refractivity contribution in [3.05, 3.63) is 66.1 Å². The van der Waals surface area contributed by atoms with E-state index in [1.165, 1.54) is 5.56 Å². The third kappa shape index (κ3) is 2.91. The number of ether oxygens (including phenoxy) is 2. The SMILES string of the molecule is COc1ccc(-c2noc(C3(c4ccccc4)CCOCC3)n2)cc1. The molecule has 2 heterocycles. The molecule has 2 aromatic carbocycles. The number of methoxy groups -OCH3 is 1. The first-order valence-electron chi connectivity index (χ1n) is 8.44. The topological polar surface area (TPSA) is 57.4 Å². The van der Waals surface area contributed by atoms with Gasteiger partial charge in [0.1, 0.15) is 5.75 Å². The van der Waals surface area contributed by atoms with E-state index in [2.05, 4.69) is 17.3 Å². The zero-order valence-corrected chi connectivity index (χ0v) is 14.1. The van der Waals surface area contributed by atoms with Gasteiger partial charge in [0.2, 0.25) is 11.7 Å². The molecule has 1 fully saturated rings. The van der Waals surface area contributed by atoms with Crippen molar-refractivity contribution in [2.75, 3.05) is 20.3 Å². The van der Waals surface area contributed by atoms with E-state index in [0.29, 0.717) is 24.9 Å². The van der Waals surface area contributed by atoms with E-state index in [-0.39, 0.29) is 5.41 Å². The fraction of sp³-hybridized carbons (Fsp3) is 0.300. The van der Waals surface area contributed by atoms with E-state index in [1.807, 2.05) is 42.5 Å². The Hall–Kier alpha value is -2.66. The quantitative estimate of drug-likeness (QED) is 0.724. The van der Waals surface area contributed by atoms with Crippen LogP contribution in [0.25, 0.3) is 11.4 Å². The number of hydrogen-bond acceptors (Lipinski definition) is 5. The Morgan fingerprint density at radius 2 is 1.68 bits per heavy atom. The van der Waals surface area contributed by atoms with Gasteiger partial charge < -0.3 is 14.0 Å². The average molecular weight is 336 g/mol. The number of hydrogen-bond donors (Lipinski definition) is 0. The molecule has 0 aliphatic carbocycles. The number of aromatic nitrogens is 2. The van der Waals surface area contributed by atoms with Gasteiger partial charge in [0.15, 0.2) is 0 Å². The molecule has 0 bridgehead atoms. The molecule has 0 radical (unpaired) electrons. The molecule has 3 aromatic rings. The van der Waals surface area contributed by atoms with Crippen molar-refractivity contribution in [2.24, 2.45) is 0 Å². The lowest BCUT2D eigenvalue weighted by atomic mass is 9.74. The molecule has 1 aromatic heterocycles. The van der Waals surface area contributed by atoms with Gasteiger partial charge in [0.25, 0.3) is 0 Å². The van der Waals surface area contributed by atoms with Gasteiger partial charge in [-0.15, -0.1) is 0 Å². The van der Waals surface area contributed by atoms with Crippen LogP contribution in [-0.2, 0) is 10.2 Å². The summed E-state index contributed by atoms with van der Waals surface area (Å²) >= 11 is 0. The lowest BCUT2D eigenvalue weighted by Crippen LogP contribution is -2.35. The first kappa shape index (κ1) is 15.8. The molecular weight excluding hydrogens is 316 g/mol. The first-order valence-corrected chi connectivity index (χ1v) is 8.44. The van der Waals surface area contributed by atoms with Gasteiger partial charge in [0, 0.05) is 18.8 Å². The maximum absolute atomic E-state index is 5.72. The second-order valence-electron chi connectivity index (χ2n) is 6.21. The van der Waals surface area contributed by atoms with E-state index in [9.17, 15) is 0 Å². The van der Waals surface area contributed by atoms with Crippen molar-refractivity contribution in [3.63, 3.8) is 0 Å². The van der Waals surface area contributed by atoms with Gasteiger partial charge in [-0.3, -0.25) is 0 Å². The molecule has 128 valence electrons. The summed E-state index contributed by atoms with van der Waals surface area (Å²) in [6.45, 7) is 1.38. The Morgan fingerprint density at radius 3 is 2.36 bits per heavy atom. The van der Waals surface area contributed by atoms with Crippen molar-refractivity contribution < 1.29 is 14.0 Å². The van der Waals surface area contributed by atoms with Crippen molar-refractivity contribution in [1.82, 2.24) is 10.1 Å². The van der Waals surface area contributed by atoms with E-state index >= 15 is 0 Å². The van der Waals surface area contributed by atoms with Crippen molar-refractivity contribution in [3.8, 4) is 17.1 Å². The maximum Gasteiger partial charge on any atom is 0.237 e. The predicted molar refractivity (Wildman–Crippen MR) is 93.6 cm³/mol. The third-order valence-corrected chi connectivity index (χ3v) is 4.86. The van der Waals surface area contributed by atoms with Crippen LogP contribution in [0.4, 0.5) is 0 Å². The Bertz CT molecular complexity index is 822. The van der Waals surface area contributed by atoms with E-state index in [1.54, 1.807) is 7.11 Å². The van der Waals surface area contributed by atoms with Crippen molar-refractivity contribution in [2.45, 2.75) is 18.3 Å². The summed E-state index contributed by atoms with van der Waals surface area (Å²) < 4.78 is 16.5. The molecule has 0 amide bonds. The second kappa shape index (κ2) is 6.69. The monoisotopic (exact) mass is 336 g/mol. The van der Waals surface area contributed by atoms with Crippen LogP contribution in [0.2, 0.25) is 0 Å². The lowest BCUT2D eigenvalue weighted by molar-refractivity contribution is 0.0523. The Balaban J connectivity index is 1.72. The highest BCUT2D eigenvalue weighted by molar-refractivity contribution is 5.56. The third-order valence-electron chi connectivity index (χ3n) is 4.86. The molecule has 0 atom stereocenters. The van der Waals surface area contributed by atoms with Crippen LogP contribution in [-0.4, -0.2) is 30.5 Å². The summed E-state index contributed by atoms with van der Waals surface area (Å²) in [5.74, 6) is 2.06. The van der Waals surface area contributed by atoms with Crippen LogP contribution in [0, 0.1) is 0 Å². The standard InChI is InChI=1S/C20H20N2O3/c1-23-17-9-7-15(8-10-17)18-21-19(25-22-18)20(11-13-24-14-12-20)16-5-3-2-4-6-16/h2-10H,11-14H2,1H3. The van der Waals surface area contributed by atoms with Gasteiger partial charge in [-0.1, -0.05) is 35.5 Å². The van der Waals surface area contributed by atoms with Gasteiger partial charge in [-0.25, -0.2) is 0 Å². The fourth-order valence-electron chi connectivity index (χ4n) is 3.38. The summed E-state index contributed by atoms with van der Waals surface area (Å²) in [5.41, 5.74) is 1.83. The number of rotatable bonds is 4. The summed E-state index contributed by atoms with van der Waals surface area (Å²) in [6, 6.07) is 18.0.